The van der Waals surface area contributed by atoms with Crippen LogP contribution in [0.15, 0.2) is 29.3 Å². The third-order valence-electron chi connectivity index (χ3n) is 4.69. The highest BCUT2D eigenvalue weighted by molar-refractivity contribution is 14.0. The van der Waals surface area contributed by atoms with E-state index in [-0.39, 0.29) is 29.9 Å². The molecule has 5 nitrogen and oxygen atoms in total. The van der Waals surface area contributed by atoms with Crippen LogP contribution in [0.1, 0.15) is 43.7 Å². The van der Waals surface area contributed by atoms with Crippen LogP contribution < -0.4 is 5.32 Å². The van der Waals surface area contributed by atoms with Gasteiger partial charge in [0.05, 0.1) is 6.54 Å². The van der Waals surface area contributed by atoms with E-state index in [0.29, 0.717) is 13.0 Å². The van der Waals surface area contributed by atoms with Crippen LogP contribution in [-0.2, 0) is 17.9 Å². The smallest absolute Gasteiger partial charge is 0.222 e. The quantitative estimate of drug-likeness (QED) is 0.421. The number of halogens is 1. The summed E-state index contributed by atoms with van der Waals surface area (Å²) in [4.78, 5) is 20.9. The second kappa shape index (κ2) is 9.99. The van der Waals surface area contributed by atoms with Crippen LogP contribution in [0.5, 0.6) is 0 Å². The van der Waals surface area contributed by atoms with Gasteiger partial charge in [0, 0.05) is 39.1 Å². The molecule has 0 spiro atoms. The van der Waals surface area contributed by atoms with Crippen LogP contribution in [0.4, 0.5) is 0 Å². The third-order valence-corrected chi connectivity index (χ3v) is 4.69. The Kier molecular flexibility index (Phi) is 7.99. The first-order valence-corrected chi connectivity index (χ1v) is 9.15. The van der Waals surface area contributed by atoms with Crippen molar-refractivity contribution in [1.29, 1.82) is 0 Å². The number of nitrogens with one attached hydrogen (secondary N) is 1. The molecule has 3 rings (SSSR count). The standard InChI is InChI=1S/C19H28N4O.HI/c1-2-20-19(22-10-3-4-11-22)21-14-16-7-5-8-17(13-16)15-23-12-6-9-18(23)24;/h5,7-8,13H,2-4,6,9-12,14-15H2,1H3,(H,20,21);1H. The lowest BCUT2D eigenvalue weighted by Gasteiger charge is -2.20. The summed E-state index contributed by atoms with van der Waals surface area (Å²) >= 11 is 0. The molecule has 2 aliphatic heterocycles. The van der Waals surface area contributed by atoms with Gasteiger partial charge < -0.3 is 15.1 Å². The Morgan fingerprint density at radius 3 is 2.60 bits per heavy atom. The Morgan fingerprint density at radius 2 is 1.92 bits per heavy atom. The summed E-state index contributed by atoms with van der Waals surface area (Å²) in [5.41, 5.74) is 2.40. The number of rotatable bonds is 5. The molecule has 1 aromatic rings. The first-order chi connectivity index (χ1) is 11.8. The van der Waals surface area contributed by atoms with Crippen LogP contribution in [0.3, 0.4) is 0 Å². The summed E-state index contributed by atoms with van der Waals surface area (Å²) in [5, 5.41) is 3.40. The van der Waals surface area contributed by atoms with Crippen molar-refractivity contribution in [3.8, 4) is 0 Å². The third kappa shape index (κ3) is 5.59. The molecule has 0 aromatic heterocycles. The minimum atomic E-state index is 0. The van der Waals surface area contributed by atoms with Crippen LogP contribution in [0, 0.1) is 0 Å². The zero-order valence-corrected chi connectivity index (χ0v) is 17.4. The van der Waals surface area contributed by atoms with Crippen molar-refractivity contribution in [2.75, 3.05) is 26.2 Å². The van der Waals surface area contributed by atoms with Crippen molar-refractivity contribution in [2.45, 2.75) is 45.7 Å². The predicted molar refractivity (Wildman–Crippen MR) is 112 cm³/mol. The van der Waals surface area contributed by atoms with Crippen LogP contribution in [0.2, 0.25) is 0 Å². The van der Waals surface area contributed by atoms with Gasteiger partial charge in [-0.3, -0.25) is 4.79 Å². The molecule has 0 aliphatic carbocycles. The van der Waals surface area contributed by atoms with Crippen molar-refractivity contribution in [3.63, 3.8) is 0 Å². The average Bonchev–Trinajstić information content (AvgIpc) is 3.25. The van der Waals surface area contributed by atoms with Gasteiger partial charge in [0.15, 0.2) is 5.96 Å². The number of guanidine groups is 1. The van der Waals surface area contributed by atoms with Gasteiger partial charge in [0.2, 0.25) is 5.91 Å². The highest BCUT2D eigenvalue weighted by Gasteiger charge is 2.20. The Hall–Kier alpha value is -1.31. The van der Waals surface area contributed by atoms with Crippen LogP contribution in [-0.4, -0.2) is 47.8 Å². The fourth-order valence-corrected chi connectivity index (χ4v) is 3.44. The van der Waals surface area contributed by atoms with E-state index < -0.39 is 0 Å². The summed E-state index contributed by atoms with van der Waals surface area (Å²) in [6.07, 6.45) is 4.20. The van der Waals surface area contributed by atoms with Crippen molar-refractivity contribution < 1.29 is 4.79 Å². The minimum Gasteiger partial charge on any atom is -0.357 e. The van der Waals surface area contributed by atoms with Gasteiger partial charge in [0.1, 0.15) is 0 Å². The number of aliphatic imine (C=N–C) groups is 1. The topological polar surface area (TPSA) is 47.9 Å². The van der Waals surface area contributed by atoms with Gasteiger partial charge in [-0.05, 0) is 37.3 Å². The van der Waals surface area contributed by atoms with E-state index in [1.807, 2.05) is 4.90 Å². The average molecular weight is 456 g/mol. The zero-order chi connectivity index (χ0) is 16.8. The molecule has 1 amide bonds. The van der Waals surface area contributed by atoms with Crippen molar-refractivity contribution in [3.05, 3.63) is 35.4 Å². The number of amides is 1. The molecule has 1 aromatic carbocycles. The molecule has 2 aliphatic rings. The molecular weight excluding hydrogens is 427 g/mol. The lowest BCUT2D eigenvalue weighted by Crippen LogP contribution is -2.39. The minimum absolute atomic E-state index is 0. The van der Waals surface area contributed by atoms with Crippen molar-refractivity contribution in [2.24, 2.45) is 4.99 Å². The molecule has 0 unspecified atom stereocenters. The van der Waals surface area contributed by atoms with E-state index in [1.54, 1.807) is 0 Å². The number of benzene rings is 1. The maximum absolute atomic E-state index is 11.8. The van der Waals surface area contributed by atoms with Gasteiger partial charge >= 0.3 is 0 Å². The monoisotopic (exact) mass is 456 g/mol. The fourth-order valence-electron chi connectivity index (χ4n) is 3.44. The number of carbonyl (C=O) groups excluding carboxylic acids is 1. The largest absolute Gasteiger partial charge is 0.357 e. The summed E-state index contributed by atoms with van der Waals surface area (Å²) in [5.74, 6) is 1.30. The van der Waals surface area contributed by atoms with Gasteiger partial charge in [-0.25, -0.2) is 4.99 Å². The molecular formula is C19H29IN4O. The maximum atomic E-state index is 11.8. The van der Waals surface area contributed by atoms with Crippen molar-refractivity contribution in [1.82, 2.24) is 15.1 Å². The van der Waals surface area contributed by atoms with E-state index in [1.165, 1.54) is 24.0 Å². The summed E-state index contributed by atoms with van der Waals surface area (Å²) in [6, 6.07) is 8.48. The molecule has 1 N–H and O–H groups in total. The molecule has 0 saturated carbocycles. The second-order valence-electron chi connectivity index (χ2n) is 6.60. The van der Waals surface area contributed by atoms with Gasteiger partial charge in [-0.1, -0.05) is 24.3 Å². The summed E-state index contributed by atoms with van der Waals surface area (Å²) in [6.45, 7) is 7.50. The zero-order valence-electron chi connectivity index (χ0n) is 15.0. The SMILES string of the molecule is CCNC(=NCc1cccc(CN2CCCC2=O)c1)N1CCCC1.I. The van der Waals surface area contributed by atoms with Gasteiger partial charge in [0.25, 0.3) is 0 Å². The molecule has 0 radical (unpaired) electrons. The molecule has 138 valence electrons. The first-order valence-electron chi connectivity index (χ1n) is 9.15. The van der Waals surface area contributed by atoms with Gasteiger partial charge in [-0.2, -0.15) is 0 Å². The lowest BCUT2D eigenvalue weighted by atomic mass is 10.1. The van der Waals surface area contributed by atoms with E-state index in [2.05, 4.69) is 41.4 Å². The van der Waals surface area contributed by atoms with E-state index >= 15 is 0 Å². The van der Waals surface area contributed by atoms with E-state index in [0.717, 1.165) is 45.1 Å². The normalized spacial score (nSPS) is 17.8. The van der Waals surface area contributed by atoms with Gasteiger partial charge in [-0.15, -0.1) is 24.0 Å². The molecule has 6 heteroatoms. The summed E-state index contributed by atoms with van der Waals surface area (Å²) < 4.78 is 0. The number of likely N-dealkylation sites (tertiary alicyclic amines) is 2. The number of nitrogens with zero attached hydrogens (tertiary/aromatic N) is 3. The molecule has 2 heterocycles. The molecule has 0 atom stereocenters. The predicted octanol–water partition coefficient (Wildman–Crippen LogP) is 2.99. The Bertz CT molecular complexity index is 599. The highest BCUT2D eigenvalue weighted by atomic mass is 127. The molecule has 25 heavy (non-hydrogen) atoms. The Labute approximate surface area is 167 Å². The Morgan fingerprint density at radius 1 is 1.16 bits per heavy atom. The highest BCUT2D eigenvalue weighted by Crippen LogP contribution is 2.16. The maximum Gasteiger partial charge on any atom is 0.222 e. The van der Waals surface area contributed by atoms with E-state index in [4.69, 9.17) is 4.99 Å². The summed E-state index contributed by atoms with van der Waals surface area (Å²) in [7, 11) is 0. The molecule has 2 saturated heterocycles. The molecule has 2 fully saturated rings. The number of carbonyl (C=O) groups is 1. The first kappa shape index (κ1) is 20.0. The van der Waals surface area contributed by atoms with E-state index in [9.17, 15) is 4.79 Å². The Balaban J connectivity index is 0.00000225. The van der Waals surface area contributed by atoms with Crippen LogP contribution >= 0.6 is 24.0 Å². The molecule has 0 bridgehead atoms. The second-order valence-corrected chi connectivity index (χ2v) is 6.60. The van der Waals surface area contributed by atoms with Crippen LogP contribution in [0.25, 0.3) is 0 Å². The lowest BCUT2D eigenvalue weighted by molar-refractivity contribution is -0.128. The van der Waals surface area contributed by atoms with Crippen molar-refractivity contribution >= 4 is 35.8 Å². The number of hydrogen-bond donors (Lipinski definition) is 1. The number of hydrogen-bond acceptors (Lipinski definition) is 2. The fraction of sp³-hybridized carbons (Fsp3) is 0.579.